The average Bonchev–Trinajstić information content (AvgIpc) is 2.47. The summed E-state index contributed by atoms with van der Waals surface area (Å²) >= 11 is 0. The van der Waals surface area contributed by atoms with Gasteiger partial charge in [0.15, 0.2) is 8.32 Å². The summed E-state index contributed by atoms with van der Waals surface area (Å²) in [5.74, 6) is 0. The molecule has 0 aromatic heterocycles. The van der Waals surface area contributed by atoms with Crippen LogP contribution in [0.3, 0.4) is 0 Å². The minimum atomic E-state index is -1.51. The van der Waals surface area contributed by atoms with Gasteiger partial charge in [0.2, 0.25) is 0 Å². The van der Waals surface area contributed by atoms with E-state index in [-0.39, 0.29) is 5.60 Å². The van der Waals surface area contributed by atoms with Crippen LogP contribution in [-0.4, -0.2) is 13.9 Å². The highest BCUT2D eigenvalue weighted by atomic mass is 28.4. The van der Waals surface area contributed by atoms with Gasteiger partial charge >= 0.3 is 0 Å². The zero-order chi connectivity index (χ0) is 10.7. The van der Waals surface area contributed by atoms with Gasteiger partial charge < -0.3 is 4.43 Å². The van der Waals surface area contributed by atoms with E-state index < -0.39 is 8.32 Å². The minimum Gasteiger partial charge on any atom is -0.409 e. The fraction of sp³-hybridized carbons (Fsp3) is 0.727. The molecule has 0 spiro atoms. The predicted molar refractivity (Wildman–Crippen MR) is 60.4 cm³/mol. The molecule has 0 bridgehead atoms. The largest absolute Gasteiger partial charge is 0.409 e. The Kier molecular flexibility index (Phi) is 3.52. The second-order valence-electron chi connectivity index (χ2n) is 4.95. The van der Waals surface area contributed by atoms with Crippen LogP contribution in [0.1, 0.15) is 25.7 Å². The SMILES string of the molecule is C[Si](C)(C)OC1(/C=C\C#N)CCCC1. The quantitative estimate of drug-likeness (QED) is 0.528. The molecule has 14 heavy (non-hydrogen) atoms. The van der Waals surface area contributed by atoms with Crippen molar-refractivity contribution < 1.29 is 4.43 Å². The monoisotopic (exact) mass is 209 g/mol. The highest BCUT2D eigenvalue weighted by Gasteiger charge is 2.36. The number of nitriles is 1. The van der Waals surface area contributed by atoms with Gasteiger partial charge in [-0.05, 0) is 38.6 Å². The molecular formula is C11H19NOSi. The molecule has 0 atom stereocenters. The first-order chi connectivity index (χ1) is 6.47. The van der Waals surface area contributed by atoms with Gasteiger partial charge in [-0.2, -0.15) is 5.26 Å². The Hall–Kier alpha value is -0.593. The molecular weight excluding hydrogens is 190 g/mol. The number of hydrogen-bond donors (Lipinski definition) is 0. The average molecular weight is 209 g/mol. The van der Waals surface area contributed by atoms with Crippen LogP contribution in [0.4, 0.5) is 0 Å². The molecule has 1 rings (SSSR count). The molecule has 0 heterocycles. The first-order valence-electron chi connectivity index (χ1n) is 5.25. The van der Waals surface area contributed by atoms with Crippen molar-refractivity contribution in [3.8, 4) is 6.07 Å². The van der Waals surface area contributed by atoms with Crippen LogP contribution in [0.2, 0.25) is 19.6 Å². The predicted octanol–water partition coefficient (Wildman–Crippen LogP) is 3.23. The van der Waals surface area contributed by atoms with Crippen molar-refractivity contribution in [2.45, 2.75) is 50.9 Å². The first-order valence-corrected chi connectivity index (χ1v) is 8.66. The molecule has 0 N–H and O–H groups in total. The third-order valence-electron chi connectivity index (χ3n) is 2.42. The van der Waals surface area contributed by atoms with Gasteiger partial charge in [-0.1, -0.05) is 12.8 Å². The standard InChI is InChI=1S/C11H19NOSi/c1-14(2,3)13-11(9-6-10-12)7-4-5-8-11/h6,9H,4-5,7-8H2,1-3H3/b9-6-. The number of rotatable bonds is 3. The molecule has 2 nitrogen and oxygen atoms in total. The highest BCUT2D eigenvalue weighted by molar-refractivity contribution is 6.69. The minimum absolute atomic E-state index is 0.111. The van der Waals surface area contributed by atoms with Crippen molar-refractivity contribution in [3.05, 3.63) is 12.2 Å². The molecule has 0 unspecified atom stereocenters. The third-order valence-corrected chi connectivity index (χ3v) is 3.44. The van der Waals surface area contributed by atoms with Crippen LogP contribution in [0.25, 0.3) is 0 Å². The number of nitrogens with zero attached hydrogens (tertiary/aromatic N) is 1. The molecule has 1 fully saturated rings. The van der Waals surface area contributed by atoms with Crippen LogP contribution in [0.5, 0.6) is 0 Å². The normalized spacial score (nSPS) is 21.3. The van der Waals surface area contributed by atoms with Crippen molar-refractivity contribution in [2.75, 3.05) is 0 Å². The zero-order valence-corrected chi connectivity index (χ0v) is 10.3. The second-order valence-corrected chi connectivity index (χ2v) is 9.38. The molecule has 0 saturated heterocycles. The van der Waals surface area contributed by atoms with Crippen LogP contribution >= 0.6 is 0 Å². The van der Waals surface area contributed by atoms with Gasteiger partial charge in [0.25, 0.3) is 0 Å². The third kappa shape index (κ3) is 3.28. The maximum atomic E-state index is 8.56. The molecule has 1 aliphatic carbocycles. The van der Waals surface area contributed by atoms with Crippen LogP contribution < -0.4 is 0 Å². The van der Waals surface area contributed by atoms with Gasteiger partial charge in [-0.25, -0.2) is 0 Å². The smallest absolute Gasteiger partial charge is 0.184 e. The van der Waals surface area contributed by atoms with E-state index in [0.29, 0.717) is 0 Å². The lowest BCUT2D eigenvalue weighted by Crippen LogP contribution is -2.39. The van der Waals surface area contributed by atoms with Gasteiger partial charge in [0.05, 0.1) is 11.7 Å². The zero-order valence-electron chi connectivity index (χ0n) is 9.34. The second kappa shape index (κ2) is 4.29. The summed E-state index contributed by atoms with van der Waals surface area (Å²) in [7, 11) is -1.51. The molecule has 1 aliphatic rings. The lowest BCUT2D eigenvalue weighted by molar-refractivity contribution is 0.120. The number of hydrogen-bond acceptors (Lipinski definition) is 2. The Labute approximate surface area is 87.7 Å². The maximum Gasteiger partial charge on any atom is 0.184 e. The fourth-order valence-corrected chi connectivity index (χ4v) is 3.57. The van der Waals surface area contributed by atoms with E-state index in [1.165, 1.54) is 12.8 Å². The summed E-state index contributed by atoms with van der Waals surface area (Å²) in [6.07, 6.45) is 8.15. The van der Waals surface area contributed by atoms with Crippen LogP contribution in [0, 0.1) is 11.3 Å². The molecule has 0 amide bonds. The van der Waals surface area contributed by atoms with Crippen molar-refractivity contribution in [3.63, 3.8) is 0 Å². The number of allylic oxidation sites excluding steroid dienone is 1. The molecule has 3 heteroatoms. The van der Waals surface area contributed by atoms with E-state index in [9.17, 15) is 0 Å². The molecule has 0 radical (unpaired) electrons. The topological polar surface area (TPSA) is 33.0 Å². The molecule has 0 aromatic rings. The Morgan fingerprint density at radius 1 is 1.29 bits per heavy atom. The van der Waals surface area contributed by atoms with Crippen LogP contribution in [-0.2, 0) is 4.43 Å². The molecule has 78 valence electrons. The first kappa shape index (κ1) is 11.5. The van der Waals surface area contributed by atoms with Crippen molar-refractivity contribution >= 4 is 8.32 Å². The summed E-state index contributed by atoms with van der Waals surface area (Å²) < 4.78 is 6.19. The lowest BCUT2D eigenvalue weighted by atomic mass is 10.0. The van der Waals surface area contributed by atoms with Crippen LogP contribution in [0.15, 0.2) is 12.2 Å². The van der Waals surface area contributed by atoms with E-state index in [1.54, 1.807) is 6.08 Å². The van der Waals surface area contributed by atoms with Crippen molar-refractivity contribution in [1.29, 1.82) is 5.26 Å². The van der Waals surface area contributed by atoms with E-state index in [1.807, 2.05) is 6.08 Å². The Morgan fingerprint density at radius 2 is 1.86 bits per heavy atom. The van der Waals surface area contributed by atoms with Gasteiger partial charge in [-0.3, -0.25) is 0 Å². The molecule has 0 aliphatic heterocycles. The lowest BCUT2D eigenvalue weighted by Gasteiger charge is -2.33. The molecule has 1 saturated carbocycles. The summed E-state index contributed by atoms with van der Waals surface area (Å²) in [6.45, 7) is 6.61. The van der Waals surface area contributed by atoms with Crippen molar-refractivity contribution in [1.82, 2.24) is 0 Å². The van der Waals surface area contributed by atoms with E-state index >= 15 is 0 Å². The summed E-state index contributed by atoms with van der Waals surface area (Å²) in [4.78, 5) is 0. The van der Waals surface area contributed by atoms with Gasteiger partial charge in [-0.15, -0.1) is 0 Å². The Morgan fingerprint density at radius 3 is 2.29 bits per heavy atom. The summed E-state index contributed by atoms with van der Waals surface area (Å²) in [5, 5.41) is 8.56. The van der Waals surface area contributed by atoms with Gasteiger partial charge in [0, 0.05) is 6.08 Å². The van der Waals surface area contributed by atoms with Gasteiger partial charge in [0.1, 0.15) is 0 Å². The van der Waals surface area contributed by atoms with E-state index in [4.69, 9.17) is 9.69 Å². The summed E-state index contributed by atoms with van der Waals surface area (Å²) in [6, 6.07) is 2.06. The van der Waals surface area contributed by atoms with E-state index in [0.717, 1.165) is 12.8 Å². The summed E-state index contributed by atoms with van der Waals surface area (Å²) in [5.41, 5.74) is -0.111. The van der Waals surface area contributed by atoms with Crippen molar-refractivity contribution in [2.24, 2.45) is 0 Å². The Bertz CT molecular complexity index is 253. The van der Waals surface area contributed by atoms with E-state index in [2.05, 4.69) is 25.7 Å². The maximum absolute atomic E-state index is 8.56. The fourth-order valence-electron chi connectivity index (χ4n) is 2.08. The highest BCUT2D eigenvalue weighted by Crippen LogP contribution is 2.36. The molecule has 0 aromatic carbocycles. The Balaban J connectivity index is 2.73.